The van der Waals surface area contributed by atoms with Crippen LogP contribution < -0.4 is 0 Å². The summed E-state index contributed by atoms with van der Waals surface area (Å²) < 4.78 is 11.6. The standard InChI is InChI=1S/C22H24N2O2/c1-2-19(25-11-1)14-26-22-13-21-20-8-7-17(6-5-16-3-4-16)12-18(20)9-10-24(21)15-23-22/h7-8,12-13,16,19H,1-4,9-11,14-15H2. The highest BCUT2D eigenvalue weighted by Gasteiger charge is 2.25. The SMILES string of the molecule is C(#CC1CC1)c1ccc2c(c1)CCN1CN=C(OCC3CCCO3)C=C21. The van der Waals surface area contributed by atoms with Gasteiger partial charge in [-0.3, -0.25) is 0 Å². The second kappa shape index (κ2) is 6.81. The average Bonchev–Trinajstić information content (AvgIpc) is 3.37. The molecule has 1 aliphatic carbocycles. The Morgan fingerprint density at radius 2 is 2.23 bits per heavy atom. The van der Waals surface area contributed by atoms with Gasteiger partial charge in [0.1, 0.15) is 13.3 Å². The van der Waals surface area contributed by atoms with Gasteiger partial charge in [-0.2, -0.15) is 0 Å². The van der Waals surface area contributed by atoms with E-state index in [0.717, 1.165) is 43.9 Å². The third-order valence-electron chi connectivity index (χ3n) is 5.47. The second-order valence-corrected chi connectivity index (χ2v) is 7.54. The van der Waals surface area contributed by atoms with Crippen LogP contribution in [0.4, 0.5) is 0 Å². The van der Waals surface area contributed by atoms with Gasteiger partial charge in [-0.1, -0.05) is 17.9 Å². The van der Waals surface area contributed by atoms with Crippen molar-refractivity contribution >= 4 is 11.6 Å². The van der Waals surface area contributed by atoms with Crippen molar-refractivity contribution in [3.63, 3.8) is 0 Å². The number of ether oxygens (including phenoxy) is 2. The van der Waals surface area contributed by atoms with E-state index in [1.165, 1.54) is 29.7 Å². The van der Waals surface area contributed by atoms with Crippen molar-refractivity contribution in [2.45, 2.75) is 38.2 Å². The van der Waals surface area contributed by atoms with Gasteiger partial charge in [0.15, 0.2) is 0 Å². The molecule has 4 heteroatoms. The number of nitrogens with zero attached hydrogens (tertiary/aromatic N) is 2. The van der Waals surface area contributed by atoms with Crippen molar-refractivity contribution in [2.24, 2.45) is 10.9 Å². The highest BCUT2D eigenvalue weighted by Crippen LogP contribution is 2.32. The van der Waals surface area contributed by atoms with E-state index in [1.807, 2.05) is 0 Å². The lowest BCUT2D eigenvalue weighted by atomic mass is 9.94. The minimum atomic E-state index is 0.223. The highest BCUT2D eigenvalue weighted by molar-refractivity contribution is 5.96. The van der Waals surface area contributed by atoms with Gasteiger partial charge in [0.25, 0.3) is 0 Å². The van der Waals surface area contributed by atoms with E-state index < -0.39 is 0 Å². The normalized spacial score (nSPS) is 24.0. The third-order valence-corrected chi connectivity index (χ3v) is 5.47. The van der Waals surface area contributed by atoms with Crippen molar-refractivity contribution < 1.29 is 9.47 Å². The minimum absolute atomic E-state index is 0.223. The topological polar surface area (TPSA) is 34.1 Å². The molecule has 1 aromatic carbocycles. The van der Waals surface area contributed by atoms with E-state index in [1.54, 1.807) is 0 Å². The molecule has 134 valence electrons. The number of fused-ring (bicyclic) bond motifs is 3. The Kier molecular flexibility index (Phi) is 4.18. The summed E-state index contributed by atoms with van der Waals surface area (Å²) in [6, 6.07) is 6.63. The fraction of sp³-hybridized carbons (Fsp3) is 0.500. The summed E-state index contributed by atoms with van der Waals surface area (Å²) in [4.78, 5) is 6.92. The molecule has 3 aliphatic heterocycles. The number of benzene rings is 1. The van der Waals surface area contributed by atoms with Crippen LogP contribution in [0.3, 0.4) is 0 Å². The molecule has 1 saturated heterocycles. The smallest absolute Gasteiger partial charge is 0.212 e. The van der Waals surface area contributed by atoms with Gasteiger partial charge in [0.05, 0.1) is 11.8 Å². The molecule has 0 bridgehead atoms. The van der Waals surface area contributed by atoms with Crippen LogP contribution in [-0.4, -0.2) is 43.3 Å². The number of rotatable bonds is 2. The molecule has 3 heterocycles. The van der Waals surface area contributed by atoms with Gasteiger partial charge in [-0.25, -0.2) is 4.99 Å². The maximum atomic E-state index is 5.93. The van der Waals surface area contributed by atoms with Crippen LogP contribution in [0, 0.1) is 17.8 Å². The van der Waals surface area contributed by atoms with Crippen LogP contribution in [0.2, 0.25) is 0 Å². The number of hydrogen-bond donors (Lipinski definition) is 0. The average molecular weight is 348 g/mol. The predicted octanol–water partition coefficient (Wildman–Crippen LogP) is 3.21. The lowest BCUT2D eigenvalue weighted by Gasteiger charge is -2.34. The first-order chi connectivity index (χ1) is 12.8. The Hall–Kier alpha value is -2.25. The zero-order valence-electron chi connectivity index (χ0n) is 15.0. The Labute approximate surface area is 154 Å². The van der Waals surface area contributed by atoms with Gasteiger partial charge >= 0.3 is 0 Å². The summed E-state index contributed by atoms with van der Waals surface area (Å²) in [7, 11) is 0. The Bertz CT molecular complexity index is 820. The molecule has 0 spiro atoms. The van der Waals surface area contributed by atoms with Crippen LogP contribution in [0.5, 0.6) is 0 Å². The van der Waals surface area contributed by atoms with Crippen molar-refractivity contribution in [2.75, 3.05) is 26.4 Å². The zero-order chi connectivity index (χ0) is 17.3. The van der Waals surface area contributed by atoms with Crippen molar-refractivity contribution in [1.82, 2.24) is 4.90 Å². The van der Waals surface area contributed by atoms with Crippen LogP contribution in [-0.2, 0) is 15.9 Å². The first kappa shape index (κ1) is 16.0. The Morgan fingerprint density at radius 1 is 1.27 bits per heavy atom. The summed E-state index contributed by atoms with van der Waals surface area (Å²) >= 11 is 0. The van der Waals surface area contributed by atoms with Crippen LogP contribution in [0.1, 0.15) is 42.4 Å². The van der Waals surface area contributed by atoms with E-state index in [-0.39, 0.29) is 6.10 Å². The molecule has 0 radical (unpaired) electrons. The largest absolute Gasteiger partial charge is 0.475 e. The molecule has 4 aliphatic rings. The lowest BCUT2D eigenvalue weighted by Crippen LogP contribution is -2.33. The summed E-state index contributed by atoms with van der Waals surface area (Å²) in [5.41, 5.74) is 5.05. The number of aliphatic imine (C=N–C) groups is 1. The molecule has 1 unspecified atom stereocenters. The summed E-state index contributed by atoms with van der Waals surface area (Å²) in [6.45, 7) is 3.14. The molecule has 0 aromatic heterocycles. The summed E-state index contributed by atoms with van der Waals surface area (Å²) in [5, 5.41) is 0. The Balaban J connectivity index is 1.34. The summed E-state index contributed by atoms with van der Waals surface area (Å²) in [6.07, 6.45) is 8.12. The van der Waals surface area contributed by atoms with Gasteiger partial charge < -0.3 is 14.4 Å². The van der Waals surface area contributed by atoms with Crippen molar-refractivity contribution in [3.8, 4) is 11.8 Å². The van der Waals surface area contributed by atoms with Gasteiger partial charge in [0, 0.05) is 36.3 Å². The Morgan fingerprint density at radius 3 is 3.08 bits per heavy atom. The highest BCUT2D eigenvalue weighted by atomic mass is 16.5. The molecule has 4 nitrogen and oxygen atoms in total. The predicted molar refractivity (Wildman–Crippen MR) is 102 cm³/mol. The molecule has 1 atom stereocenters. The molecular weight excluding hydrogens is 324 g/mol. The lowest BCUT2D eigenvalue weighted by molar-refractivity contribution is 0.0639. The molecule has 5 rings (SSSR count). The summed E-state index contributed by atoms with van der Waals surface area (Å²) in [5.74, 6) is 8.08. The maximum absolute atomic E-state index is 5.93. The molecule has 26 heavy (non-hydrogen) atoms. The van der Waals surface area contributed by atoms with E-state index in [9.17, 15) is 0 Å². The molecule has 1 saturated carbocycles. The van der Waals surface area contributed by atoms with E-state index in [2.05, 4.69) is 46.0 Å². The fourth-order valence-electron chi connectivity index (χ4n) is 3.76. The monoisotopic (exact) mass is 348 g/mol. The van der Waals surface area contributed by atoms with Gasteiger partial charge in [0.2, 0.25) is 5.90 Å². The second-order valence-electron chi connectivity index (χ2n) is 7.54. The van der Waals surface area contributed by atoms with E-state index in [0.29, 0.717) is 19.2 Å². The zero-order valence-corrected chi connectivity index (χ0v) is 15.0. The third kappa shape index (κ3) is 3.37. The maximum Gasteiger partial charge on any atom is 0.212 e. The van der Waals surface area contributed by atoms with E-state index >= 15 is 0 Å². The number of hydrogen-bond acceptors (Lipinski definition) is 4. The van der Waals surface area contributed by atoms with Crippen molar-refractivity contribution in [1.29, 1.82) is 0 Å². The van der Waals surface area contributed by atoms with E-state index in [4.69, 9.17) is 9.47 Å². The molecular formula is C22H24N2O2. The quantitative estimate of drug-likeness (QED) is 0.770. The van der Waals surface area contributed by atoms with Gasteiger partial charge in [-0.15, -0.1) is 0 Å². The first-order valence-corrected chi connectivity index (χ1v) is 9.75. The molecule has 2 fully saturated rings. The first-order valence-electron chi connectivity index (χ1n) is 9.75. The fourth-order valence-corrected chi connectivity index (χ4v) is 3.76. The molecule has 0 N–H and O–H groups in total. The van der Waals surface area contributed by atoms with Crippen LogP contribution in [0.25, 0.3) is 5.70 Å². The molecule has 0 amide bonds. The van der Waals surface area contributed by atoms with Crippen LogP contribution in [0.15, 0.2) is 29.3 Å². The van der Waals surface area contributed by atoms with Crippen molar-refractivity contribution in [3.05, 3.63) is 41.0 Å². The molecule has 1 aromatic rings. The van der Waals surface area contributed by atoms with Crippen LogP contribution >= 0.6 is 0 Å². The van der Waals surface area contributed by atoms with Gasteiger partial charge in [-0.05, 0) is 49.8 Å². The minimum Gasteiger partial charge on any atom is -0.475 e.